The third-order valence-electron chi connectivity index (χ3n) is 3.82. The first-order valence-electron chi connectivity index (χ1n) is 7.84. The lowest BCUT2D eigenvalue weighted by Gasteiger charge is -2.09. The molecule has 132 valence electrons. The Hall–Kier alpha value is -3.15. The van der Waals surface area contributed by atoms with Gasteiger partial charge in [-0.3, -0.25) is 9.78 Å². The van der Waals surface area contributed by atoms with Crippen LogP contribution in [0.25, 0.3) is 17.0 Å². The minimum absolute atomic E-state index is 0.170. The van der Waals surface area contributed by atoms with E-state index in [1.54, 1.807) is 31.3 Å². The van der Waals surface area contributed by atoms with E-state index >= 15 is 0 Å². The summed E-state index contributed by atoms with van der Waals surface area (Å²) in [6, 6.07) is 13.7. The number of fused-ring (bicyclic) bond motifs is 1. The minimum Gasteiger partial charge on any atom is -0.322 e. The molecule has 0 aliphatic heterocycles. The average molecular weight is 356 g/mol. The normalized spacial score (nSPS) is 11.8. The molecule has 6 heteroatoms. The van der Waals surface area contributed by atoms with Gasteiger partial charge in [-0.25, -0.2) is 0 Å². The van der Waals surface area contributed by atoms with Crippen molar-refractivity contribution in [3.63, 3.8) is 0 Å². The Morgan fingerprint density at radius 3 is 2.65 bits per heavy atom. The number of anilines is 1. The lowest BCUT2D eigenvalue weighted by atomic mass is 10.0. The molecular formula is C20H15F3N2O. The molecule has 3 rings (SSSR count). The average Bonchev–Trinajstić information content (AvgIpc) is 2.59. The second-order valence-corrected chi connectivity index (χ2v) is 5.81. The highest BCUT2D eigenvalue weighted by atomic mass is 19.4. The van der Waals surface area contributed by atoms with Crippen LogP contribution in [0.1, 0.15) is 21.5 Å². The Labute approximate surface area is 148 Å². The molecule has 0 unspecified atom stereocenters. The lowest BCUT2D eigenvalue weighted by Crippen LogP contribution is -2.13. The van der Waals surface area contributed by atoms with Gasteiger partial charge >= 0.3 is 6.18 Å². The van der Waals surface area contributed by atoms with Crippen LogP contribution >= 0.6 is 0 Å². The number of benzene rings is 2. The zero-order chi connectivity index (χ0) is 18.7. The third-order valence-corrected chi connectivity index (χ3v) is 3.82. The number of hydrogen-bond donors (Lipinski definition) is 1. The van der Waals surface area contributed by atoms with Crippen molar-refractivity contribution < 1.29 is 18.0 Å². The fraction of sp³-hybridized carbons (Fsp3) is 0.100. The summed E-state index contributed by atoms with van der Waals surface area (Å²) in [5.74, 6) is -0.330. The van der Waals surface area contributed by atoms with Crippen molar-refractivity contribution in [2.45, 2.75) is 13.1 Å². The van der Waals surface area contributed by atoms with Crippen molar-refractivity contribution in [3.05, 3.63) is 77.5 Å². The molecule has 1 amide bonds. The van der Waals surface area contributed by atoms with Gasteiger partial charge < -0.3 is 5.32 Å². The van der Waals surface area contributed by atoms with Crippen LogP contribution in [-0.2, 0) is 0 Å². The number of aryl methyl sites for hydroxylation is 1. The van der Waals surface area contributed by atoms with E-state index in [0.29, 0.717) is 22.4 Å². The number of carbonyl (C=O) groups is 1. The monoisotopic (exact) mass is 356 g/mol. The molecule has 1 aromatic heterocycles. The summed E-state index contributed by atoms with van der Waals surface area (Å²) in [7, 11) is 0. The van der Waals surface area contributed by atoms with E-state index in [9.17, 15) is 18.0 Å². The Bertz CT molecular complexity index is 994. The molecule has 2 aromatic carbocycles. The largest absolute Gasteiger partial charge is 0.409 e. The van der Waals surface area contributed by atoms with Gasteiger partial charge in [-0.1, -0.05) is 30.3 Å². The molecule has 0 aliphatic carbocycles. The van der Waals surface area contributed by atoms with Gasteiger partial charge in [0.2, 0.25) is 0 Å². The van der Waals surface area contributed by atoms with Gasteiger partial charge in [0.1, 0.15) is 0 Å². The second kappa shape index (κ2) is 7.00. The first-order chi connectivity index (χ1) is 12.3. The molecule has 0 saturated carbocycles. The Kier molecular flexibility index (Phi) is 4.75. The molecule has 3 aromatic rings. The van der Waals surface area contributed by atoms with Crippen molar-refractivity contribution in [1.29, 1.82) is 0 Å². The number of halogens is 3. The Balaban J connectivity index is 1.79. The van der Waals surface area contributed by atoms with Gasteiger partial charge in [-0.2, -0.15) is 13.2 Å². The van der Waals surface area contributed by atoms with Gasteiger partial charge in [0.25, 0.3) is 5.91 Å². The smallest absolute Gasteiger partial charge is 0.322 e. The summed E-state index contributed by atoms with van der Waals surface area (Å²) in [4.78, 5) is 16.7. The van der Waals surface area contributed by atoms with Crippen LogP contribution in [0.15, 0.2) is 60.8 Å². The number of carbonyl (C=O) groups excluding carboxylic acids is 1. The summed E-state index contributed by atoms with van der Waals surface area (Å²) >= 11 is 0. The highest BCUT2D eigenvalue weighted by Gasteiger charge is 2.21. The Morgan fingerprint density at radius 1 is 1.12 bits per heavy atom. The number of nitrogens with zero attached hydrogens (tertiary/aromatic N) is 1. The zero-order valence-electron chi connectivity index (χ0n) is 13.8. The standard InChI is InChI=1S/C20H15F3N2O/c1-13-11-14(8-9-20(21,22)23)4-7-17(13)19(26)25-16-6-5-15-3-2-10-24-18(15)12-16/h2-12H,1H3,(H,25,26)/b9-8+. The SMILES string of the molecule is Cc1cc(/C=C/C(F)(F)F)ccc1C(=O)Nc1ccc2cccnc2c1. The van der Waals surface area contributed by atoms with Gasteiger partial charge in [-0.15, -0.1) is 0 Å². The van der Waals surface area contributed by atoms with Crippen LogP contribution in [0, 0.1) is 6.92 Å². The van der Waals surface area contributed by atoms with Crippen LogP contribution in [0.4, 0.5) is 18.9 Å². The molecular weight excluding hydrogens is 341 g/mol. The zero-order valence-corrected chi connectivity index (χ0v) is 13.8. The van der Waals surface area contributed by atoms with E-state index in [1.165, 1.54) is 12.1 Å². The van der Waals surface area contributed by atoms with Gasteiger partial charge in [0.15, 0.2) is 0 Å². The summed E-state index contributed by atoms with van der Waals surface area (Å²) in [6.45, 7) is 1.68. The van der Waals surface area contributed by atoms with Crippen LogP contribution in [-0.4, -0.2) is 17.1 Å². The number of aromatic nitrogens is 1. The molecule has 1 N–H and O–H groups in total. The molecule has 0 fully saturated rings. The number of nitrogens with one attached hydrogen (secondary N) is 1. The number of pyridine rings is 1. The number of amides is 1. The Morgan fingerprint density at radius 2 is 1.92 bits per heavy atom. The van der Waals surface area contributed by atoms with Crippen molar-refractivity contribution in [2.75, 3.05) is 5.32 Å². The number of rotatable bonds is 3. The highest BCUT2D eigenvalue weighted by molar-refractivity contribution is 6.06. The molecule has 0 aliphatic rings. The molecule has 0 atom stereocenters. The van der Waals surface area contributed by atoms with E-state index in [2.05, 4.69) is 10.3 Å². The highest BCUT2D eigenvalue weighted by Crippen LogP contribution is 2.21. The molecule has 0 radical (unpaired) electrons. The van der Waals surface area contributed by atoms with E-state index in [0.717, 1.165) is 17.0 Å². The van der Waals surface area contributed by atoms with Gasteiger partial charge in [-0.05, 0) is 42.3 Å². The van der Waals surface area contributed by atoms with Crippen LogP contribution < -0.4 is 5.32 Å². The molecule has 0 spiro atoms. The maximum Gasteiger partial charge on any atom is 0.409 e. The fourth-order valence-corrected chi connectivity index (χ4v) is 2.58. The van der Waals surface area contributed by atoms with E-state index < -0.39 is 6.18 Å². The summed E-state index contributed by atoms with van der Waals surface area (Å²) < 4.78 is 36.7. The molecule has 1 heterocycles. The number of alkyl halides is 3. The van der Waals surface area contributed by atoms with E-state index in [1.807, 2.05) is 18.2 Å². The lowest BCUT2D eigenvalue weighted by molar-refractivity contribution is -0.0790. The van der Waals surface area contributed by atoms with Gasteiger partial charge in [0.05, 0.1) is 5.52 Å². The molecule has 3 nitrogen and oxygen atoms in total. The molecule has 0 bridgehead atoms. The van der Waals surface area contributed by atoms with E-state index in [-0.39, 0.29) is 12.0 Å². The quantitative estimate of drug-likeness (QED) is 0.685. The fourth-order valence-electron chi connectivity index (χ4n) is 2.58. The first kappa shape index (κ1) is 17.7. The van der Waals surface area contributed by atoms with E-state index in [4.69, 9.17) is 0 Å². The minimum atomic E-state index is -4.37. The maximum atomic E-state index is 12.5. The van der Waals surface area contributed by atoms with Crippen molar-refractivity contribution in [3.8, 4) is 0 Å². The second-order valence-electron chi connectivity index (χ2n) is 5.81. The maximum absolute atomic E-state index is 12.5. The molecule has 26 heavy (non-hydrogen) atoms. The third kappa shape index (κ3) is 4.27. The van der Waals surface area contributed by atoms with Crippen LogP contribution in [0.5, 0.6) is 0 Å². The summed E-state index contributed by atoms with van der Waals surface area (Å²) in [5, 5.41) is 3.75. The topological polar surface area (TPSA) is 42.0 Å². The van der Waals surface area contributed by atoms with Crippen LogP contribution in [0.3, 0.4) is 0 Å². The summed E-state index contributed by atoms with van der Waals surface area (Å²) in [6.07, 6.45) is -1.55. The first-order valence-corrected chi connectivity index (χ1v) is 7.84. The number of hydrogen-bond acceptors (Lipinski definition) is 2. The van der Waals surface area contributed by atoms with Crippen molar-refractivity contribution in [2.24, 2.45) is 0 Å². The predicted molar refractivity (Wildman–Crippen MR) is 96.0 cm³/mol. The summed E-state index contributed by atoms with van der Waals surface area (Å²) in [5.41, 5.74) is 2.73. The van der Waals surface area contributed by atoms with Crippen molar-refractivity contribution in [1.82, 2.24) is 4.98 Å². The predicted octanol–water partition coefficient (Wildman–Crippen LogP) is 5.37. The van der Waals surface area contributed by atoms with Gasteiger partial charge in [0, 0.05) is 28.9 Å². The van der Waals surface area contributed by atoms with Crippen molar-refractivity contribution >= 4 is 28.6 Å². The van der Waals surface area contributed by atoms with Crippen LogP contribution in [0.2, 0.25) is 0 Å². The molecule has 0 saturated heterocycles. The number of allylic oxidation sites excluding steroid dienone is 1.